The van der Waals surface area contributed by atoms with Crippen LogP contribution in [-0.2, 0) is 0 Å². The second-order valence-electron chi connectivity index (χ2n) is 3.63. The Kier molecular flexibility index (Phi) is 3.78. The Bertz CT molecular complexity index is 545. The average Bonchev–Trinajstić information content (AvgIpc) is 2.40. The molecule has 0 aliphatic heterocycles. The minimum Gasteiger partial charge on any atom is -0.369 e. The highest BCUT2D eigenvalue weighted by molar-refractivity contribution is 5.62. The van der Waals surface area contributed by atoms with Crippen molar-refractivity contribution in [1.29, 1.82) is 0 Å². The number of hydrogen-bond donors (Lipinski definition) is 2. The first kappa shape index (κ1) is 12.4. The molecule has 1 aromatic carbocycles. The van der Waals surface area contributed by atoms with Gasteiger partial charge in [0.05, 0.1) is 5.69 Å². The molecule has 0 unspecified atom stereocenters. The third kappa shape index (κ3) is 2.78. The fraction of sp³-hybridized carbons (Fsp3) is 0.167. The molecule has 18 heavy (non-hydrogen) atoms. The zero-order chi connectivity index (χ0) is 13.0. The lowest BCUT2D eigenvalue weighted by atomic mass is 10.1. The number of nitrogens with zero attached hydrogens (tertiary/aromatic N) is 2. The van der Waals surface area contributed by atoms with E-state index in [1.54, 1.807) is 6.07 Å². The van der Waals surface area contributed by atoms with E-state index in [2.05, 4.69) is 15.3 Å². The topological polar surface area (TPSA) is 63.8 Å². The van der Waals surface area contributed by atoms with E-state index in [1.165, 1.54) is 12.4 Å². The van der Waals surface area contributed by atoms with Crippen LogP contribution in [0.2, 0.25) is 0 Å². The molecule has 2 aromatic rings. The van der Waals surface area contributed by atoms with E-state index in [0.29, 0.717) is 30.2 Å². The maximum absolute atomic E-state index is 13.1. The van der Waals surface area contributed by atoms with Gasteiger partial charge in [0.25, 0.3) is 0 Å². The highest BCUT2D eigenvalue weighted by atomic mass is 19.2. The number of anilines is 1. The van der Waals surface area contributed by atoms with Crippen LogP contribution in [0.15, 0.2) is 30.6 Å². The number of nitrogens with one attached hydrogen (secondary N) is 1. The second kappa shape index (κ2) is 5.50. The summed E-state index contributed by atoms with van der Waals surface area (Å²) >= 11 is 0. The smallest absolute Gasteiger partial charge is 0.159 e. The van der Waals surface area contributed by atoms with Gasteiger partial charge in [0.2, 0.25) is 0 Å². The van der Waals surface area contributed by atoms with Crippen molar-refractivity contribution in [2.45, 2.75) is 0 Å². The van der Waals surface area contributed by atoms with Crippen LogP contribution in [0.25, 0.3) is 11.3 Å². The molecule has 6 heteroatoms. The molecule has 0 saturated heterocycles. The Labute approximate surface area is 103 Å². The molecular formula is C12H12F2N4. The zero-order valence-electron chi connectivity index (χ0n) is 9.53. The van der Waals surface area contributed by atoms with Crippen LogP contribution in [0.5, 0.6) is 0 Å². The minimum absolute atomic E-state index is 0.477. The quantitative estimate of drug-likeness (QED) is 0.868. The number of halogens is 2. The number of rotatable bonds is 4. The molecule has 4 nitrogen and oxygen atoms in total. The van der Waals surface area contributed by atoms with Crippen molar-refractivity contribution in [3.05, 3.63) is 42.2 Å². The van der Waals surface area contributed by atoms with E-state index < -0.39 is 11.6 Å². The third-order valence-corrected chi connectivity index (χ3v) is 2.33. The lowest BCUT2D eigenvalue weighted by Gasteiger charge is -2.06. The van der Waals surface area contributed by atoms with E-state index in [4.69, 9.17) is 5.73 Å². The summed E-state index contributed by atoms with van der Waals surface area (Å²) in [7, 11) is 0. The van der Waals surface area contributed by atoms with Gasteiger partial charge >= 0.3 is 0 Å². The SMILES string of the molecule is NCCNc1cc(-c2ccc(F)c(F)c2)ncn1. The molecule has 0 atom stereocenters. The molecule has 0 aliphatic rings. The van der Waals surface area contributed by atoms with Gasteiger partial charge in [-0.05, 0) is 18.2 Å². The fourth-order valence-electron chi connectivity index (χ4n) is 1.47. The van der Waals surface area contributed by atoms with Crippen LogP contribution in [0, 0.1) is 11.6 Å². The van der Waals surface area contributed by atoms with E-state index in [-0.39, 0.29) is 0 Å². The number of hydrogen-bond acceptors (Lipinski definition) is 4. The molecule has 3 N–H and O–H groups in total. The van der Waals surface area contributed by atoms with Crippen LogP contribution in [0.3, 0.4) is 0 Å². The summed E-state index contributed by atoms with van der Waals surface area (Å²) in [6.07, 6.45) is 1.36. The normalized spacial score (nSPS) is 10.4. The van der Waals surface area contributed by atoms with Gasteiger partial charge in [-0.25, -0.2) is 18.7 Å². The lowest BCUT2D eigenvalue weighted by molar-refractivity contribution is 0.509. The average molecular weight is 250 g/mol. The first-order chi connectivity index (χ1) is 8.70. The van der Waals surface area contributed by atoms with Gasteiger partial charge in [0.15, 0.2) is 11.6 Å². The maximum atomic E-state index is 13.1. The molecule has 1 aromatic heterocycles. The van der Waals surface area contributed by atoms with Crippen molar-refractivity contribution in [2.75, 3.05) is 18.4 Å². The summed E-state index contributed by atoms with van der Waals surface area (Å²) in [5, 5.41) is 2.99. The van der Waals surface area contributed by atoms with E-state index in [0.717, 1.165) is 12.1 Å². The standard InChI is InChI=1S/C12H12F2N4/c13-9-2-1-8(5-10(9)14)11-6-12(16-4-3-15)18-7-17-11/h1-2,5-7H,3-4,15H2,(H,16,17,18). The van der Waals surface area contributed by atoms with Crippen LogP contribution in [-0.4, -0.2) is 23.1 Å². The summed E-state index contributed by atoms with van der Waals surface area (Å²) in [4.78, 5) is 8.01. The Hall–Kier alpha value is -2.08. The van der Waals surface area contributed by atoms with Gasteiger partial charge in [0, 0.05) is 24.7 Å². The Morgan fingerprint density at radius 2 is 1.94 bits per heavy atom. The van der Waals surface area contributed by atoms with Crippen molar-refractivity contribution in [1.82, 2.24) is 9.97 Å². The van der Waals surface area contributed by atoms with Gasteiger partial charge in [-0.3, -0.25) is 0 Å². The predicted octanol–water partition coefficient (Wildman–Crippen LogP) is 1.79. The van der Waals surface area contributed by atoms with Gasteiger partial charge in [-0.15, -0.1) is 0 Å². The minimum atomic E-state index is -0.900. The van der Waals surface area contributed by atoms with Gasteiger partial charge < -0.3 is 11.1 Å². The van der Waals surface area contributed by atoms with Gasteiger partial charge in [-0.2, -0.15) is 0 Å². The Morgan fingerprint density at radius 1 is 1.11 bits per heavy atom. The molecule has 0 bridgehead atoms. The van der Waals surface area contributed by atoms with Crippen LogP contribution in [0.1, 0.15) is 0 Å². The summed E-state index contributed by atoms with van der Waals surface area (Å²) in [6.45, 7) is 1.05. The number of aromatic nitrogens is 2. The van der Waals surface area contributed by atoms with Crippen LogP contribution in [0.4, 0.5) is 14.6 Å². The highest BCUT2D eigenvalue weighted by Gasteiger charge is 2.06. The molecule has 0 spiro atoms. The lowest BCUT2D eigenvalue weighted by Crippen LogP contribution is -2.13. The molecule has 94 valence electrons. The molecule has 0 fully saturated rings. The van der Waals surface area contributed by atoms with Gasteiger partial charge in [-0.1, -0.05) is 0 Å². The first-order valence-electron chi connectivity index (χ1n) is 5.42. The van der Waals surface area contributed by atoms with Crippen molar-refractivity contribution < 1.29 is 8.78 Å². The second-order valence-corrected chi connectivity index (χ2v) is 3.63. The van der Waals surface area contributed by atoms with Crippen molar-refractivity contribution in [3.8, 4) is 11.3 Å². The summed E-state index contributed by atoms with van der Waals surface area (Å²) in [5.41, 5.74) is 6.37. The van der Waals surface area contributed by atoms with Crippen LogP contribution < -0.4 is 11.1 Å². The molecular weight excluding hydrogens is 238 g/mol. The molecule has 0 amide bonds. The van der Waals surface area contributed by atoms with E-state index in [1.807, 2.05) is 0 Å². The Morgan fingerprint density at radius 3 is 2.67 bits per heavy atom. The predicted molar refractivity (Wildman–Crippen MR) is 64.9 cm³/mol. The molecule has 0 aliphatic carbocycles. The van der Waals surface area contributed by atoms with Crippen molar-refractivity contribution in [2.24, 2.45) is 5.73 Å². The van der Waals surface area contributed by atoms with E-state index >= 15 is 0 Å². The molecule has 1 heterocycles. The molecule has 0 radical (unpaired) electrons. The summed E-state index contributed by atoms with van der Waals surface area (Å²) < 4.78 is 25.9. The summed E-state index contributed by atoms with van der Waals surface area (Å²) in [5.74, 6) is -1.19. The largest absolute Gasteiger partial charge is 0.369 e. The highest BCUT2D eigenvalue weighted by Crippen LogP contribution is 2.20. The van der Waals surface area contributed by atoms with Crippen molar-refractivity contribution >= 4 is 5.82 Å². The van der Waals surface area contributed by atoms with Gasteiger partial charge in [0.1, 0.15) is 12.1 Å². The fourth-order valence-corrected chi connectivity index (χ4v) is 1.47. The number of benzene rings is 1. The Balaban J connectivity index is 2.29. The van der Waals surface area contributed by atoms with E-state index in [9.17, 15) is 8.78 Å². The summed E-state index contributed by atoms with van der Waals surface area (Å²) in [6, 6.07) is 5.29. The third-order valence-electron chi connectivity index (χ3n) is 2.33. The molecule has 2 rings (SSSR count). The van der Waals surface area contributed by atoms with Crippen LogP contribution >= 0.6 is 0 Å². The zero-order valence-corrected chi connectivity index (χ0v) is 9.53. The maximum Gasteiger partial charge on any atom is 0.159 e. The monoisotopic (exact) mass is 250 g/mol. The first-order valence-corrected chi connectivity index (χ1v) is 5.42. The molecule has 0 saturated carbocycles. The van der Waals surface area contributed by atoms with Crippen molar-refractivity contribution in [3.63, 3.8) is 0 Å². The number of nitrogens with two attached hydrogens (primary N) is 1.